The van der Waals surface area contributed by atoms with Gasteiger partial charge in [0.05, 0.1) is 23.8 Å². The fourth-order valence-corrected chi connectivity index (χ4v) is 5.47. The van der Waals surface area contributed by atoms with Crippen LogP contribution in [0.5, 0.6) is 0 Å². The molecule has 1 aliphatic heterocycles. The van der Waals surface area contributed by atoms with Gasteiger partial charge in [0.1, 0.15) is 5.69 Å². The molecule has 1 aliphatic rings. The molecule has 4 heterocycles. The Bertz CT molecular complexity index is 1900. The van der Waals surface area contributed by atoms with Crippen molar-refractivity contribution in [1.82, 2.24) is 29.0 Å². The van der Waals surface area contributed by atoms with E-state index in [1.807, 2.05) is 77.1 Å². The molecule has 0 aliphatic carbocycles. The van der Waals surface area contributed by atoms with E-state index in [1.54, 1.807) is 6.20 Å². The number of anilines is 3. The molecule has 0 spiro atoms. The van der Waals surface area contributed by atoms with Crippen LogP contribution in [0.1, 0.15) is 58.2 Å². The second kappa shape index (κ2) is 13.0. The van der Waals surface area contributed by atoms with Gasteiger partial charge in [0.2, 0.25) is 0 Å². The van der Waals surface area contributed by atoms with Gasteiger partial charge in [0, 0.05) is 68.0 Å². The first-order chi connectivity index (χ1) is 21.7. The molecule has 3 aromatic heterocycles. The number of imidazole rings is 1. The number of carbonyl (C=O) groups is 1. The SMILES string of the molecule is Cc1ccc(NC(=O)c2ccc(CN3CCN(C)CC3)c(C)c2)cc1C#Cc1cnc2c(Nc3cnn(C(C)C)c3)cccn12. The summed E-state index contributed by atoms with van der Waals surface area (Å²) in [5, 5.41) is 10.9. The Kier molecular flexibility index (Phi) is 8.69. The van der Waals surface area contributed by atoms with Gasteiger partial charge in [0.15, 0.2) is 5.65 Å². The predicted molar refractivity (Wildman–Crippen MR) is 180 cm³/mol. The smallest absolute Gasteiger partial charge is 0.255 e. The van der Waals surface area contributed by atoms with E-state index in [0.717, 1.165) is 72.1 Å². The predicted octanol–water partition coefficient (Wildman–Crippen LogP) is 5.87. The highest BCUT2D eigenvalue weighted by atomic mass is 16.1. The van der Waals surface area contributed by atoms with Crippen LogP contribution in [-0.2, 0) is 6.54 Å². The van der Waals surface area contributed by atoms with Crippen molar-refractivity contribution in [1.29, 1.82) is 0 Å². The zero-order valence-electron chi connectivity index (χ0n) is 26.6. The maximum absolute atomic E-state index is 13.2. The lowest BCUT2D eigenvalue weighted by molar-refractivity contribution is 0.102. The molecule has 230 valence electrons. The molecule has 1 amide bonds. The van der Waals surface area contributed by atoms with Crippen LogP contribution < -0.4 is 10.6 Å². The third-order valence-corrected chi connectivity index (χ3v) is 8.36. The number of fused-ring (bicyclic) bond motifs is 1. The topological polar surface area (TPSA) is 82.7 Å². The number of pyridine rings is 1. The van der Waals surface area contributed by atoms with Crippen molar-refractivity contribution in [2.45, 2.75) is 40.3 Å². The van der Waals surface area contributed by atoms with Gasteiger partial charge in [-0.05, 0) is 93.8 Å². The third-order valence-electron chi connectivity index (χ3n) is 8.36. The van der Waals surface area contributed by atoms with E-state index in [-0.39, 0.29) is 11.9 Å². The molecule has 5 aromatic rings. The maximum Gasteiger partial charge on any atom is 0.255 e. The molecule has 45 heavy (non-hydrogen) atoms. The van der Waals surface area contributed by atoms with Gasteiger partial charge < -0.3 is 15.5 Å². The van der Waals surface area contributed by atoms with Crippen molar-refractivity contribution >= 4 is 28.6 Å². The summed E-state index contributed by atoms with van der Waals surface area (Å²) in [4.78, 5) is 22.7. The van der Waals surface area contributed by atoms with Crippen LogP contribution >= 0.6 is 0 Å². The Hall–Kier alpha value is -4.91. The van der Waals surface area contributed by atoms with Crippen molar-refractivity contribution < 1.29 is 4.79 Å². The summed E-state index contributed by atoms with van der Waals surface area (Å²) in [6, 6.07) is 16.1. The van der Waals surface area contributed by atoms with Gasteiger partial charge in [0.25, 0.3) is 5.91 Å². The largest absolute Gasteiger partial charge is 0.350 e. The molecule has 2 N–H and O–H groups in total. The molecule has 0 saturated carbocycles. The number of rotatable bonds is 7. The minimum absolute atomic E-state index is 0.132. The van der Waals surface area contributed by atoms with Crippen molar-refractivity contribution in [3.8, 4) is 11.8 Å². The second-order valence-corrected chi connectivity index (χ2v) is 12.1. The Balaban J connectivity index is 1.15. The van der Waals surface area contributed by atoms with E-state index in [4.69, 9.17) is 0 Å². The summed E-state index contributed by atoms with van der Waals surface area (Å²) in [7, 11) is 2.17. The fraction of sp³-hybridized carbons (Fsp3) is 0.306. The molecule has 6 rings (SSSR count). The summed E-state index contributed by atoms with van der Waals surface area (Å²) in [6.45, 7) is 13.5. The molecule has 0 atom stereocenters. The molecule has 1 fully saturated rings. The number of benzene rings is 2. The number of carbonyl (C=O) groups excluding carboxylic acids is 1. The maximum atomic E-state index is 13.2. The summed E-state index contributed by atoms with van der Waals surface area (Å²) in [5.74, 6) is 6.45. The number of amides is 1. The Morgan fingerprint density at radius 1 is 0.956 bits per heavy atom. The molecule has 0 bridgehead atoms. The van der Waals surface area contributed by atoms with E-state index in [1.165, 1.54) is 5.56 Å². The first-order valence-electron chi connectivity index (χ1n) is 15.4. The lowest BCUT2D eigenvalue weighted by atomic mass is 10.0. The normalized spacial score (nSPS) is 14.0. The number of aryl methyl sites for hydroxylation is 2. The summed E-state index contributed by atoms with van der Waals surface area (Å²) >= 11 is 0. The minimum Gasteiger partial charge on any atom is -0.350 e. The lowest BCUT2D eigenvalue weighted by Gasteiger charge is -2.32. The molecule has 2 aromatic carbocycles. The molecule has 0 unspecified atom stereocenters. The van der Waals surface area contributed by atoms with Crippen molar-refractivity contribution in [3.05, 3.63) is 107 Å². The molecular weight excluding hydrogens is 560 g/mol. The van der Waals surface area contributed by atoms with E-state index >= 15 is 0 Å². The summed E-state index contributed by atoms with van der Waals surface area (Å²) in [6.07, 6.45) is 7.53. The fourth-order valence-electron chi connectivity index (χ4n) is 5.47. The monoisotopic (exact) mass is 600 g/mol. The van der Waals surface area contributed by atoms with Crippen LogP contribution in [0, 0.1) is 25.7 Å². The van der Waals surface area contributed by atoms with E-state index in [0.29, 0.717) is 11.3 Å². The molecule has 9 nitrogen and oxygen atoms in total. The van der Waals surface area contributed by atoms with Crippen molar-refractivity contribution in [3.63, 3.8) is 0 Å². The van der Waals surface area contributed by atoms with E-state index in [9.17, 15) is 4.79 Å². The molecule has 9 heteroatoms. The summed E-state index contributed by atoms with van der Waals surface area (Å²) < 4.78 is 3.88. The average Bonchev–Trinajstić information content (AvgIpc) is 3.67. The highest BCUT2D eigenvalue weighted by Gasteiger charge is 2.16. The average molecular weight is 601 g/mol. The molecule has 1 saturated heterocycles. The van der Waals surface area contributed by atoms with E-state index in [2.05, 4.69) is 76.2 Å². The number of hydrogen-bond acceptors (Lipinski definition) is 6. The standard InChI is InChI=1S/C36H40N8O/c1-25(2)44-24-32(21-38-44)39-34-7-6-14-43-33(22-37-35(34)43)13-11-28-20-31(12-8-26(28)3)40-36(45)29-9-10-30(27(4)19-29)23-42-17-15-41(5)16-18-42/h6-10,12,14,19-22,24-25,39H,15-18,23H2,1-5H3,(H,40,45). The van der Waals surface area contributed by atoms with Crippen LogP contribution in [0.2, 0.25) is 0 Å². The number of aromatic nitrogens is 4. The van der Waals surface area contributed by atoms with Crippen LogP contribution in [0.25, 0.3) is 5.65 Å². The number of nitrogens with one attached hydrogen (secondary N) is 2. The lowest BCUT2D eigenvalue weighted by Crippen LogP contribution is -2.43. The highest BCUT2D eigenvalue weighted by molar-refractivity contribution is 6.04. The summed E-state index contributed by atoms with van der Waals surface area (Å²) in [5.41, 5.74) is 8.95. The molecular formula is C36H40N8O. The third kappa shape index (κ3) is 6.93. The highest BCUT2D eigenvalue weighted by Crippen LogP contribution is 2.23. The minimum atomic E-state index is -0.132. The first-order valence-corrected chi connectivity index (χ1v) is 15.4. The number of piperazine rings is 1. The van der Waals surface area contributed by atoms with Crippen LogP contribution in [0.3, 0.4) is 0 Å². The second-order valence-electron chi connectivity index (χ2n) is 12.1. The van der Waals surface area contributed by atoms with Crippen LogP contribution in [-0.4, -0.2) is 68.1 Å². The first kappa shape index (κ1) is 30.1. The van der Waals surface area contributed by atoms with Crippen molar-refractivity contribution in [2.75, 3.05) is 43.9 Å². The number of nitrogens with zero attached hydrogens (tertiary/aromatic N) is 6. The van der Waals surface area contributed by atoms with Gasteiger partial charge in [-0.3, -0.25) is 18.8 Å². The van der Waals surface area contributed by atoms with Gasteiger partial charge in [-0.2, -0.15) is 5.10 Å². The van der Waals surface area contributed by atoms with Gasteiger partial charge in [-0.15, -0.1) is 0 Å². The van der Waals surface area contributed by atoms with Gasteiger partial charge in [-0.1, -0.05) is 18.1 Å². The molecule has 0 radical (unpaired) electrons. The zero-order valence-corrected chi connectivity index (χ0v) is 26.6. The Morgan fingerprint density at radius 2 is 1.78 bits per heavy atom. The van der Waals surface area contributed by atoms with Crippen LogP contribution in [0.15, 0.2) is 73.3 Å². The number of likely N-dealkylation sites (N-methyl/N-ethyl adjacent to an activating group) is 1. The van der Waals surface area contributed by atoms with E-state index < -0.39 is 0 Å². The number of hydrogen-bond donors (Lipinski definition) is 2. The quantitative estimate of drug-likeness (QED) is 0.228. The Labute approximate surface area is 264 Å². The van der Waals surface area contributed by atoms with Gasteiger partial charge in [-0.25, -0.2) is 4.98 Å². The zero-order chi connectivity index (χ0) is 31.5. The Morgan fingerprint density at radius 3 is 2.53 bits per heavy atom. The van der Waals surface area contributed by atoms with Gasteiger partial charge >= 0.3 is 0 Å². The van der Waals surface area contributed by atoms with Crippen molar-refractivity contribution in [2.24, 2.45) is 0 Å². The van der Waals surface area contributed by atoms with Crippen LogP contribution in [0.4, 0.5) is 17.1 Å².